The normalized spacial score (nSPS) is 10.1. The predicted octanol–water partition coefficient (Wildman–Crippen LogP) is 3.36. The van der Waals surface area contributed by atoms with Gasteiger partial charge in [-0.05, 0) is 24.3 Å². The lowest BCUT2D eigenvalue weighted by Gasteiger charge is -2.04. The number of phenolic OH excluding ortho intramolecular Hbond substituents is 1. The maximum Gasteiger partial charge on any atom is 0.265 e. The Morgan fingerprint density at radius 2 is 2.00 bits per heavy atom. The number of para-hydroxylation sites is 2. The largest absolute Gasteiger partial charge is 0.506 e. The number of benzene rings is 1. The molecule has 1 aromatic heterocycles. The zero-order chi connectivity index (χ0) is 11.5. The molecule has 2 N–H and O–H groups in total. The second kappa shape index (κ2) is 4.55. The third-order valence-electron chi connectivity index (χ3n) is 1.95. The van der Waals surface area contributed by atoms with Gasteiger partial charge in [0.05, 0.1) is 14.9 Å². The fraction of sp³-hybridized carbons (Fsp3) is 0. The maximum absolute atomic E-state index is 11.7. The van der Waals surface area contributed by atoms with E-state index in [0.717, 1.165) is 0 Å². The van der Waals surface area contributed by atoms with Crippen LogP contribution in [0.2, 0.25) is 4.34 Å². The first-order chi connectivity index (χ1) is 7.66. The number of carbonyl (C=O) groups excluding carboxylic acids is 1. The van der Waals surface area contributed by atoms with Crippen LogP contribution in [0.15, 0.2) is 36.4 Å². The van der Waals surface area contributed by atoms with Gasteiger partial charge in [-0.3, -0.25) is 4.79 Å². The summed E-state index contributed by atoms with van der Waals surface area (Å²) in [6.07, 6.45) is 0. The molecule has 0 aliphatic heterocycles. The Bertz CT molecular complexity index is 524. The van der Waals surface area contributed by atoms with Crippen molar-refractivity contribution in [1.82, 2.24) is 0 Å². The molecule has 16 heavy (non-hydrogen) atoms. The standard InChI is InChI=1S/C11H8ClNO2S/c12-10-6-5-9(16-10)11(15)13-7-3-1-2-4-8(7)14/h1-6,14H,(H,13,15). The van der Waals surface area contributed by atoms with Crippen molar-refractivity contribution in [2.45, 2.75) is 0 Å². The van der Waals surface area contributed by atoms with Gasteiger partial charge in [0.25, 0.3) is 5.91 Å². The SMILES string of the molecule is O=C(Nc1ccccc1O)c1ccc(Cl)s1. The lowest BCUT2D eigenvalue weighted by atomic mass is 10.3. The summed E-state index contributed by atoms with van der Waals surface area (Å²) in [6.45, 7) is 0. The smallest absolute Gasteiger partial charge is 0.265 e. The molecule has 0 fully saturated rings. The van der Waals surface area contributed by atoms with Gasteiger partial charge in [-0.2, -0.15) is 0 Å². The van der Waals surface area contributed by atoms with Gasteiger partial charge in [0.2, 0.25) is 0 Å². The number of carbonyl (C=O) groups is 1. The summed E-state index contributed by atoms with van der Waals surface area (Å²) in [5.74, 6) is -0.239. The van der Waals surface area contributed by atoms with Crippen LogP contribution in [0.5, 0.6) is 5.75 Å². The third kappa shape index (κ3) is 2.35. The van der Waals surface area contributed by atoms with Crippen LogP contribution >= 0.6 is 22.9 Å². The zero-order valence-electron chi connectivity index (χ0n) is 8.11. The van der Waals surface area contributed by atoms with E-state index in [9.17, 15) is 9.90 Å². The Hall–Kier alpha value is -1.52. The van der Waals surface area contributed by atoms with E-state index in [1.54, 1.807) is 30.3 Å². The van der Waals surface area contributed by atoms with Gasteiger partial charge in [0.1, 0.15) is 5.75 Å². The second-order valence-electron chi connectivity index (χ2n) is 3.08. The van der Waals surface area contributed by atoms with Crippen molar-refractivity contribution in [2.24, 2.45) is 0 Å². The number of phenols is 1. The van der Waals surface area contributed by atoms with Crippen LogP contribution in [-0.4, -0.2) is 11.0 Å². The van der Waals surface area contributed by atoms with E-state index in [2.05, 4.69) is 5.32 Å². The van der Waals surface area contributed by atoms with E-state index >= 15 is 0 Å². The molecule has 3 nitrogen and oxygen atoms in total. The van der Waals surface area contributed by atoms with E-state index in [1.807, 2.05) is 0 Å². The van der Waals surface area contributed by atoms with Gasteiger partial charge in [-0.1, -0.05) is 23.7 Å². The highest BCUT2D eigenvalue weighted by molar-refractivity contribution is 7.18. The van der Waals surface area contributed by atoms with E-state index in [1.165, 1.54) is 17.4 Å². The summed E-state index contributed by atoms with van der Waals surface area (Å²) >= 11 is 6.92. The first kappa shape index (κ1) is 11.0. The van der Waals surface area contributed by atoms with Crippen LogP contribution in [0, 0.1) is 0 Å². The molecule has 0 aliphatic carbocycles. The summed E-state index contributed by atoms with van der Waals surface area (Å²) in [5, 5.41) is 12.1. The fourth-order valence-electron chi connectivity index (χ4n) is 1.20. The Morgan fingerprint density at radius 3 is 2.62 bits per heavy atom. The third-order valence-corrected chi connectivity index (χ3v) is 3.18. The molecule has 0 saturated heterocycles. The van der Waals surface area contributed by atoms with Crippen LogP contribution < -0.4 is 5.32 Å². The highest BCUT2D eigenvalue weighted by Gasteiger charge is 2.10. The molecule has 0 aliphatic rings. The number of anilines is 1. The number of halogens is 1. The fourth-order valence-corrected chi connectivity index (χ4v) is 2.14. The zero-order valence-corrected chi connectivity index (χ0v) is 9.68. The van der Waals surface area contributed by atoms with Gasteiger partial charge in [-0.25, -0.2) is 0 Å². The summed E-state index contributed by atoms with van der Waals surface area (Å²) in [5.41, 5.74) is 0.386. The average Bonchev–Trinajstić information content (AvgIpc) is 2.68. The Kier molecular flexibility index (Phi) is 3.12. The molecular formula is C11H8ClNO2S. The molecule has 2 aromatic rings. The number of nitrogens with one attached hydrogen (secondary N) is 1. The van der Waals surface area contributed by atoms with Crippen LogP contribution in [0.1, 0.15) is 9.67 Å². The number of hydrogen-bond donors (Lipinski definition) is 2. The predicted molar refractivity (Wildman–Crippen MR) is 65.4 cm³/mol. The summed E-state index contributed by atoms with van der Waals surface area (Å²) in [4.78, 5) is 12.2. The van der Waals surface area contributed by atoms with E-state index in [0.29, 0.717) is 14.9 Å². The van der Waals surface area contributed by atoms with Crippen LogP contribution in [0.25, 0.3) is 0 Å². The minimum atomic E-state index is -0.279. The lowest BCUT2D eigenvalue weighted by Crippen LogP contribution is -2.09. The van der Waals surface area contributed by atoms with Gasteiger partial charge in [0.15, 0.2) is 0 Å². The lowest BCUT2D eigenvalue weighted by molar-refractivity contribution is 0.103. The molecular weight excluding hydrogens is 246 g/mol. The molecule has 1 amide bonds. The van der Waals surface area contributed by atoms with Crippen molar-refractivity contribution < 1.29 is 9.90 Å². The molecule has 0 radical (unpaired) electrons. The number of amides is 1. The van der Waals surface area contributed by atoms with Gasteiger partial charge in [-0.15, -0.1) is 11.3 Å². The van der Waals surface area contributed by atoms with Gasteiger partial charge in [0, 0.05) is 0 Å². The van der Waals surface area contributed by atoms with Crippen molar-refractivity contribution in [1.29, 1.82) is 0 Å². The summed E-state index contributed by atoms with van der Waals surface area (Å²) in [7, 11) is 0. The second-order valence-corrected chi connectivity index (χ2v) is 4.79. The van der Waals surface area contributed by atoms with Crippen LogP contribution in [0.4, 0.5) is 5.69 Å². The number of thiophene rings is 1. The molecule has 1 aromatic carbocycles. The van der Waals surface area contributed by atoms with Crippen molar-refractivity contribution >= 4 is 34.5 Å². The van der Waals surface area contributed by atoms with Gasteiger partial charge < -0.3 is 10.4 Å². The Balaban J connectivity index is 2.17. The first-order valence-corrected chi connectivity index (χ1v) is 5.71. The van der Waals surface area contributed by atoms with Crippen molar-refractivity contribution in [3.63, 3.8) is 0 Å². The number of hydrogen-bond acceptors (Lipinski definition) is 3. The highest BCUT2D eigenvalue weighted by Crippen LogP contribution is 2.25. The minimum Gasteiger partial charge on any atom is -0.506 e. The first-order valence-electron chi connectivity index (χ1n) is 4.51. The maximum atomic E-state index is 11.7. The molecule has 82 valence electrons. The molecule has 0 atom stereocenters. The van der Waals surface area contributed by atoms with Crippen LogP contribution in [0.3, 0.4) is 0 Å². The number of rotatable bonds is 2. The van der Waals surface area contributed by atoms with Crippen molar-refractivity contribution in [2.75, 3.05) is 5.32 Å². The van der Waals surface area contributed by atoms with Crippen molar-refractivity contribution in [3.8, 4) is 5.75 Å². The quantitative estimate of drug-likeness (QED) is 0.807. The van der Waals surface area contributed by atoms with Crippen molar-refractivity contribution in [3.05, 3.63) is 45.6 Å². The topological polar surface area (TPSA) is 49.3 Å². The Labute approximate surface area is 101 Å². The average molecular weight is 254 g/mol. The van der Waals surface area contributed by atoms with E-state index in [-0.39, 0.29) is 11.7 Å². The van der Waals surface area contributed by atoms with E-state index < -0.39 is 0 Å². The minimum absolute atomic E-state index is 0.0403. The molecule has 0 saturated carbocycles. The molecule has 2 rings (SSSR count). The number of aromatic hydroxyl groups is 1. The molecule has 0 bridgehead atoms. The van der Waals surface area contributed by atoms with Crippen LogP contribution in [-0.2, 0) is 0 Å². The molecule has 0 spiro atoms. The molecule has 0 unspecified atom stereocenters. The molecule has 5 heteroatoms. The highest BCUT2D eigenvalue weighted by atomic mass is 35.5. The van der Waals surface area contributed by atoms with Gasteiger partial charge >= 0.3 is 0 Å². The molecule has 1 heterocycles. The Morgan fingerprint density at radius 1 is 1.25 bits per heavy atom. The monoisotopic (exact) mass is 253 g/mol. The summed E-state index contributed by atoms with van der Waals surface area (Å²) in [6, 6.07) is 9.86. The summed E-state index contributed by atoms with van der Waals surface area (Å²) < 4.78 is 0.558. The van der Waals surface area contributed by atoms with E-state index in [4.69, 9.17) is 11.6 Å².